The molecule has 0 aromatic heterocycles. The summed E-state index contributed by atoms with van der Waals surface area (Å²) in [5.41, 5.74) is 6.32. The highest BCUT2D eigenvalue weighted by Gasteiger charge is 2.24. The maximum atomic E-state index is 12.1. The Balaban J connectivity index is 1.50. The molecule has 146 valence electrons. The van der Waals surface area contributed by atoms with Crippen LogP contribution in [0.2, 0.25) is 0 Å². The molecule has 0 unspecified atom stereocenters. The van der Waals surface area contributed by atoms with Crippen LogP contribution < -0.4 is 5.73 Å². The first kappa shape index (κ1) is 20.6. The number of nitrogens with zero attached hydrogens (tertiary/aromatic N) is 1. The Morgan fingerprint density at radius 2 is 1.65 bits per heavy atom. The molecule has 0 saturated carbocycles. The minimum atomic E-state index is -0.256. The summed E-state index contributed by atoms with van der Waals surface area (Å²) >= 11 is 0. The van der Waals surface area contributed by atoms with Crippen molar-refractivity contribution in [3.63, 3.8) is 0 Å². The van der Waals surface area contributed by atoms with E-state index in [1.165, 1.54) is 0 Å². The van der Waals surface area contributed by atoms with Crippen LogP contribution in [0.25, 0.3) is 0 Å². The smallest absolute Gasteiger partial charge is 0.410 e. The zero-order chi connectivity index (χ0) is 18.5. The van der Waals surface area contributed by atoms with Crippen molar-refractivity contribution in [1.29, 1.82) is 0 Å². The number of hydrogen-bond donors (Lipinski definition) is 1. The predicted octanol–water partition coefficient (Wildman–Crippen LogP) is 1.80. The molecule has 1 aromatic carbocycles. The van der Waals surface area contributed by atoms with Crippen molar-refractivity contribution in [2.45, 2.75) is 25.6 Å². The van der Waals surface area contributed by atoms with Gasteiger partial charge >= 0.3 is 6.09 Å². The van der Waals surface area contributed by atoms with Crippen molar-refractivity contribution >= 4 is 6.09 Å². The summed E-state index contributed by atoms with van der Waals surface area (Å²) in [6, 6.07) is 9.70. The third-order valence-corrected chi connectivity index (χ3v) is 4.12. The Morgan fingerprint density at radius 1 is 1.00 bits per heavy atom. The molecule has 1 aromatic rings. The molecule has 0 spiro atoms. The van der Waals surface area contributed by atoms with Gasteiger partial charge in [-0.05, 0) is 18.4 Å². The van der Waals surface area contributed by atoms with E-state index < -0.39 is 0 Å². The minimum absolute atomic E-state index is 0.172. The molecule has 26 heavy (non-hydrogen) atoms. The normalized spacial score (nSPS) is 15.2. The standard InChI is InChI=1S/C19H30N2O5/c20-8-11-23-12-13-24-14-15-25-18-6-9-21(10-7-18)19(22)26-16-17-4-2-1-3-5-17/h1-5,18H,6-16,20H2. The number of nitrogens with two attached hydrogens (primary N) is 1. The summed E-state index contributed by atoms with van der Waals surface area (Å²) in [7, 11) is 0. The maximum absolute atomic E-state index is 12.1. The van der Waals surface area contributed by atoms with Crippen molar-refractivity contribution < 1.29 is 23.7 Å². The molecule has 1 heterocycles. The molecule has 1 fully saturated rings. The number of amides is 1. The van der Waals surface area contributed by atoms with Gasteiger partial charge in [-0.15, -0.1) is 0 Å². The fourth-order valence-corrected chi connectivity index (χ4v) is 2.69. The van der Waals surface area contributed by atoms with E-state index in [9.17, 15) is 4.79 Å². The van der Waals surface area contributed by atoms with Gasteiger partial charge < -0.3 is 29.6 Å². The largest absolute Gasteiger partial charge is 0.445 e. The summed E-state index contributed by atoms with van der Waals surface area (Å²) in [6.45, 7) is 4.93. The molecule has 7 heteroatoms. The van der Waals surface area contributed by atoms with Gasteiger partial charge in [0.2, 0.25) is 0 Å². The van der Waals surface area contributed by atoms with E-state index in [0.717, 1.165) is 18.4 Å². The van der Waals surface area contributed by atoms with E-state index in [1.54, 1.807) is 4.90 Å². The molecule has 7 nitrogen and oxygen atoms in total. The van der Waals surface area contributed by atoms with Crippen molar-refractivity contribution in [3.05, 3.63) is 35.9 Å². The summed E-state index contributed by atoms with van der Waals surface area (Å²) < 4.78 is 21.8. The number of benzene rings is 1. The lowest BCUT2D eigenvalue weighted by atomic mass is 10.1. The van der Waals surface area contributed by atoms with Gasteiger partial charge in [0, 0.05) is 19.6 Å². The highest BCUT2D eigenvalue weighted by atomic mass is 16.6. The fourth-order valence-electron chi connectivity index (χ4n) is 2.69. The average molecular weight is 366 g/mol. The van der Waals surface area contributed by atoms with Crippen LogP contribution in [0.5, 0.6) is 0 Å². The Hall–Kier alpha value is -1.67. The van der Waals surface area contributed by atoms with Crippen LogP contribution in [0.4, 0.5) is 4.79 Å². The third-order valence-electron chi connectivity index (χ3n) is 4.12. The molecular weight excluding hydrogens is 336 g/mol. The second kappa shape index (κ2) is 12.6. The summed E-state index contributed by atoms with van der Waals surface area (Å²) in [4.78, 5) is 13.9. The van der Waals surface area contributed by atoms with Gasteiger partial charge in [-0.2, -0.15) is 0 Å². The fraction of sp³-hybridized carbons (Fsp3) is 0.632. The third kappa shape index (κ3) is 8.14. The molecule has 0 bridgehead atoms. The number of carbonyl (C=O) groups excluding carboxylic acids is 1. The van der Waals surface area contributed by atoms with E-state index in [0.29, 0.717) is 59.3 Å². The zero-order valence-corrected chi connectivity index (χ0v) is 15.3. The number of carbonyl (C=O) groups is 1. The van der Waals surface area contributed by atoms with Crippen molar-refractivity contribution in [2.75, 3.05) is 52.7 Å². The summed E-state index contributed by atoms with van der Waals surface area (Å²) in [6.07, 6.45) is 1.55. The second-order valence-corrected chi connectivity index (χ2v) is 6.11. The zero-order valence-electron chi connectivity index (χ0n) is 15.3. The summed E-state index contributed by atoms with van der Waals surface area (Å²) in [5.74, 6) is 0. The SMILES string of the molecule is NCCOCCOCCOC1CCN(C(=O)OCc2ccccc2)CC1. The lowest BCUT2D eigenvalue weighted by Crippen LogP contribution is -2.41. The molecule has 0 aliphatic carbocycles. The number of rotatable bonds is 11. The maximum Gasteiger partial charge on any atom is 0.410 e. The van der Waals surface area contributed by atoms with Crippen LogP contribution in [-0.4, -0.2) is 69.8 Å². The van der Waals surface area contributed by atoms with E-state index >= 15 is 0 Å². The Bertz CT molecular complexity index is 492. The highest BCUT2D eigenvalue weighted by molar-refractivity contribution is 5.67. The number of hydrogen-bond acceptors (Lipinski definition) is 6. The van der Waals surface area contributed by atoms with Crippen LogP contribution in [0.1, 0.15) is 18.4 Å². The second-order valence-electron chi connectivity index (χ2n) is 6.11. The summed E-state index contributed by atoms with van der Waals surface area (Å²) in [5, 5.41) is 0. The highest BCUT2D eigenvalue weighted by Crippen LogP contribution is 2.15. The molecular formula is C19H30N2O5. The van der Waals surface area contributed by atoms with Crippen LogP contribution in [0.15, 0.2) is 30.3 Å². The monoisotopic (exact) mass is 366 g/mol. The molecule has 2 N–H and O–H groups in total. The lowest BCUT2D eigenvalue weighted by Gasteiger charge is -2.31. The van der Waals surface area contributed by atoms with Gasteiger partial charge in [0.25, 0.3) is 0 Å². The predicted molar refractivity (Wildman–Crippen MR) is 97.9 cm³/mol. The van der Waals surface area contributed by atoms with Gasteiger partial charge in [-0.3, -0.25) is 0 Å². The van der Waals surface area contributed by atoms with Crippen LogP contribution in [0, 0.1) is 0 Å². The van der Waals surface area contributed by atoms with E-state index in [2.05, 4.69) is 0 Å². The van der Waals surface area contributed by atoms with Crippen molar-refractivity contribution in [1.82, 2.24) is 4.90 Å². The van der Waals surface area contributed by atoms with Crippen LogP contribution >= 0.6 is 0 Å². The van der Waals surface area contributed by atoms with Gasteiger partial charge in [0.05, 0.1) is 39.1 Å². The van der Waals surface area contributed by atoms with Gasteiger partial charge in [0.1, 0.15) is 6.61 Å². The minimum Gasteiger partial charge on any atom is -0.445 e. The Morgan fingerprint density at radius 3 is 2.35 bits per heavy atom. The topological polar surface area (TPSA) is 83.3 Å². The average Bonchev–Trinajstić information content (AvgIpc) is 2.69. The number of likely N-dealkylation sites (tertiary alicyclic amines) is 1. The molecule has 2 rings (SSSR count). The van der Waals surface area contributed by atoms with Gasteiger partial charge in [0.15, 0.2) is 0 Å². The van der Waals surface area contributed by atoms with Crippen molar-refractivity contribution in [3.8, 4) is 0 Å². The molecule has 1 aliphatic heterocycles. The van der Waals surface area contributed by atoms with E-state index in [-0.39, 0.29) is 12.2 Å². The lowest BCUT2D eigenvalue weighted by molar-refractivity contribution is -0.0304. The number of piperidine rings is 1. The van der Waals surface area contributed by atoms with Gasteiger partial charge in [-0.1, -0.05) is 30.3 Å². The first-order valence-corrected chi connectivity index (χ1v) is 9.22. The quantitative estimate of drug-likeness (QED) is 0.601. The van der Waals surface area contributed by atoms with Crippen LogP contribution in [0.3, 0.4) is 0 Å². The molecule has 1 aliphatic rings. The van der Waals surface area contributed by atoms with E-state index in [1.807, 2.05) is 30.3 Å². The first-order chi connectivity index (χ1) is 12.8. The molecule has 0 radical (unpaired) electrons. The first-order valence-electron chi connectivity index (χ1n) is 9.22. The molecule has 0 atom stereocenters. The number of ether oxygens (including phenoxy) is 4. The Labute approximate surface area is 155 Å². The molecule has 1 saturated heterocycles. The van der Waals surface area contributed by atoms with Crippen LogP contribution in [-0.2, 0) is 25.6 Å². The van der Waals surface area contributed by atoms with Crippen molar-refractivity contribution in [2.24, 2.45) is 5.73 Å². The Kier molecular flexibility index (Phi) is 10.0. The van der Waals surface area contributed by atoms with E-state index in [4.69, 9.17) is 24.7 Å². The van der Waals surface area contributed by atoms with Gasteiger partial charge in [-0.25, -0.2) is 4.79 Å². The molecule has 1 amide bonds.